The van der Waals surface area contributed by atoms with Gasteiger partial charge in [0.2, 0.25) is 0 Å². The summed E-state index contributed by atoms with van der Waals surface area (Å²) in [6.45, 7) is 0. The fourth-order valence-electron chi connectivity index (χ4n) is 4.13. The minimum absolute atomic E-state index is 0.193. The van der Waals surface area contributed by atoms with Crippen molar-refractivity contribution in [2.45, 2.75) is 12.5 Å². The third kappa shape index (κ3) is 4.81. The molecule has 0 saturated carbocycles. The normalized spacial score (nSPS) is 12.4. The van der Waals surface area contributed by atoms with Crippen LogP contribution in [0.4, 0.5) is 13.2 Å². The van der Waals surface area contributed by atoms with E-state index >= 15 is 0 Å². The van der Waals surface area contributed by atoms with Gasteiger partial charge in [0.1, 0.15) is 0 Å². The molecule has 0 atom stereocenters. The Balaban J connectivity index is 1.90. The zero-order valence-electron chi connectivity index (χ0n) is 16.7. The maximum absolute atomic E-state index is 12.8. The molecule has 0 aromatic heterocycles. The van der Waals surface area contributed by atoms with Crippen molar-refractivity contribution in [2.24, 2.45) is 0 Å². The molecule has 0 saturated heterocycles. The van der Waals surface area contributed by atoms with Crippen LogP contribution in [-0.4, -0.2) is 6.36 Å². The van der Waals surface area contributed by atoms with Gasteiger partial charge >= 0.3 is 180 Å². The van der Waals surface area contributed by atoms with Gasteiger partial charge in [0.15, 0.2) is 0 Å². The molecule has 0 fully saturated rings. The fourth-order valence-corrected chi connectivity index (χ4v) is 8.86. The summed E-state index contributed by atoms with van der Waals surface area (Å²) in [4.78, 5) is 0. The molecule has 0 aliphatic carbocycles. The summed E-state index contributed by atoms with van der Waals surface area (Å²) in [5, 5.41) is 3.61. The van der Waals surface area contributed by atoms with Crippen molar-refractivity contribution in [1.82, 2.24) is 0 Å². The minimum atomic E-state index is -4.72. The molecule has 0 N–H and O–H groups in total. The van der Waals surface area contributed by atoms with E-state index in [-0.39, 0.29) is 5.75 Å². The second-order valence-corrected chi connectivity index (χ2v) is 11.3. The topological polar surface area (TPSA) is 9.23 Å². The molecule has 0 amide bonds. The number of ether oxygens (including phenoxy) is 1. The van der Waals surface area contributed by atoms with Gasteiger partial charge < -0.3 is 0 Å². The van der Waals surface area contributed by atoms with Crippen LogP contribution in [0.15, 0.2) is 115 Å². The molecule has 5 heteroatoms. The molecular weight excluding hydrogens is 416 g/mol. The number of hydrogen-bond donors (Lipinski definition) is 0. The molecular formula is C26H22F3OP. The Bertz CT molecular complexity index is 1020. The van der Waals surface area contributed by atoms with Crippen LogP contribution in [-0.2, 0) is 6.16 Å². The van der Waals surface area contributed by atoms with Crippen molar-refractivity contribution in [2.75, 3.05) is 0 Å². The Labute approximate surface area is 180 Å². The fraction of sp³-hybridized carbons (Fsp3) is 0.0769. The van der Waals surface area contributed by atoms with Gasteiger partial charge in [-0.1, -0.05) is 0 Å². The molecule has 0 unspecified atom stereocenters. The third-order valence-corrected chi connectivity index (χ3v) is 10.3. The molecule has 0 aliphatic heterocycles. The van der Waals surface area contributed by atoms with Crippen LogP contribution < -0.4 is 20.7 Å². The van der Waals surface area contributed by atoms with E-state index in [1.165, 1.54) is 28.0 Å². The molecule has 0 bridgehead atoms. The Hall–Kier alpha value is -3.10. The van der Waals surface area contributed by atoms with E-state index in [0.717, 1.165) is 5.56 Å². The van der Waals surface area contributed by atoms with Crippen LogP contribution in [0.2, 0.25) is 0 Å². The van der Waals surface area contributed by atoms with Crippen LogP contribution in [0.5, 0.6) is 5.75 Å². The van der Waals surface area contributed by atoms with Gasteiger partial charge in [-0.25, -0.2) is 0 Å². The van der Waals surface area contributed by atoms with E-state index in [4.69, 9.17) is 0 Å². The molecule has 0 radical (unpaired) electrons. The monoisotopic (exact) mass is 438 g/mol. The first-order valence-electron chi connectivity index (χ1n) is 9.99. The van der Waals surface area contributed by atoms with Crippen molar-refractivity contribution in [1.29, 1.82) is 0 Å². The molecule has 158 valence electrons. The van der Waals surface area contributed by atoms with Crippen molar-refractivity contribution in [3.05, 3.63) is 121 Å². The molecule has 4 aromatic carbocycles. The van der Waals surface area contributed by atoms with Gasteiger partial charge in [-0.3, -0.25) is 0 Å². The number of halogens is 3. The summed E-state index contributed by atoms with van der Waals surface area (Å²) < 4.78 is 42.6. The summed E-state index contributed by atoms with van der Waals surface area (Å²) in [7, 11) is -2.58. The maximum atomic E-state index is 12.8. The van der Waals surface area contributed by atoms with Gasteiger partial charge in [0, 0.05) is 0 Å². The molecule has 0 heterocycles. The summed E-state index contributed by atoms with van der Waals surface area (Å²) in [6, 6.07) is 37.2. The first-order chi connectivity index (χ1) is 15.0. The van der Waals surface area contributed by atoms with Crippen LogP contribution in [0.25, 0.3) is 0 Å². The molecule has 4 rings (SSSR count). The Morgan fingerprint density at radius 3 is 1.45 bits per heavy atom. The predicted molar refractivity (Wildman–Crippen MR) is 123 cm³/mol. The van der Waals surface area contributed by atoms with E-state index in [1.807, 2.05) is 60.7 Å². The quantitative estimate of drug-likeness (QED) is 0.345. The van der Waals surface area contributed by atoms with Crippen molar-refractivity contribution >= 4 is 23.2 Å². The molecule has 0 aliphatic rings. The van der Waals surface area contributed by atoms with Crippen LogP contribution in [0.3, 0.4) is 0 Å². The molecule has 31 heavy (non-hydrogen) atoms. The number of hydrogen-bond acceptors (Lipinski definition) is 1. The summed E-state index contributed by atoms with van der Waals surface area (Å²) in [5.41, 5.74) is 0.810. The van der Waals surface area contributed by atoms with E-state index in [2.05, 4.69) is 41.1 Å². The number of rotatable bonds is 6. The third-order valence-electron chi connectivity index (χ3n) is 5.40. The second kappa shape index (κ2) is 8.95. The predicted octanol–water partition coefficient (Wildman–Crippen LogP) is 5.81. The van der Waals surface area contributed by atoms with E-state index < -0.39 is 13.6 Å². The van der Waals surface area contributed by atoms with Crippen LogP contribution >= 0.6 is 7.26 Å². The van der Waals surface area contributed by atoms with E-state index in [0.29, 0.717) is 6.16 Å². The first-order valence-corrected chi connectivity index (χ1v) is 12.2. The summed E-state index contributed by atoms with van der Waals surface area (Å²) in [6.07, 6.45) is -4.11. The first kappa shape index (κ1) is 21.1. The second-order valence-electron chi connectivity index (χ2n) is 7.38. The van der Waals surface area contributed by atoms with Gasteiger partial charge in [-0.15, -0.1) is 0 Å². The number of alkyl halides is 3. The van der Waals surface area contributed by atoms with Gasteiger partial charge in [-0.2, -0.15) is 0 Å². The average molecular weight is 438 g/mol. The molecule has 1 nitrogen and oxygen atoms in total. The van der Waals surface area contributed by atoms with Gasteiger partial charge in [0.05, 0.1) is 0 Å². The van der Waals surface area contributed by atoms with Crippen LogP contribution in [0.1, 0.15) is 5.56 Å². The Kier molecular flexibility index (Phi) is 6.11. The summed E-state index contributed by atoms with van der Waals surface area (Å²) >= 11 is 0. The number of benzene rings is 4. The van der Waals surface area contributed by atoms with Crippen molar-refractivity contribution in [3.63, 3.8) is 0 Å². The van der Waals surface area contributed by atoms with Gasteiger partial charge in [0.25, 0.3) is 0 Å². The van der Waals surface area contributed by atoms with E-state index in [9.17, 15) is 13.2 Å². The van der Waals surface area contributed by atoms with Crippen LogP contribution in [0, 0.1) is 0 Å². The standard InChI is InChI=1S/C26H22F3OP/c27-26(28,29)30-22-12-10-11-21(19-22)20-31(23-13-4-1-5-14-23,24-15-6-2-7-16-24)25-17-8-3-9-18-25/h1-19,31H,20H2. The zero-order chi connectivity index (χ0) is 21.7. The van der Waals surface area contributed by atoms with E-state index in [1.54, 1.807) is 6.07 Å². The van der Waals surface area contributed by atoms with Crippen molar-refractivity contribution < 1.29 is 17.9 Å². The Morgan fingerprint density at radius 1 is 0.581 bits per heavy atom. The Morgan fingerprint density at radius 2 is 1.03 bits per heavy atom. The SMILES string of the molecule is FC(F)(F)Oc1cccc(C[PH](c2ccccc2)(c2ccccc2)c2ccccc2)c1. The zero-order valence-corrected chi connectivity index (χ0v) is 17.7. The molecule has 4 aromatic rings. The summed E-state index contributed by atoms with van der Waals surface area (Å²) in [5.74, 6) is -0.193. The van der Waals surface area contributed by atoms with Gasteiger partial charge in [-0.05, 0) is 0 Å². The average Bonchev–Trinajstić information content (AvgIpc) is 2.78. The molecule has 0 spiro atoms. The van der Waals surface area contributed by atoms with Crippen molar-refractivity contribution in [3.8, 4) is 5.75 Å².